The van der Waals surface area contributed by atoms with Gasteiger partial charge in [-0.3, -0.25) is 0 Å². The van der Waals surface area contributed by atoms with Crippen LogP contribution in [0.4, 0.5) is 13.2 Å². The Kier molecular flexibility index (Phi) is 1.92. The second-order valence-electron chi connectivity index (χ2n) is 2.76. The van der Waals surface area contributed by atoms with Crippen LogP contribution in [0.15, 0.2) is 24.5 Å². The molecule has 0 N–H and O–H groups in total. The fraction of sp³-hybridized carbons (Fsp3) is 0.125. The molecule has 0 atom stereocenters. The van der Waals surface area contributed by atoms with E-state index in [4.69, 9.17) is 11.8 Å². The van der Waals surface area contributed by atoms with Crippen molar-refractivity contribution >= 4 is 22.8 Å². The third kappa shape index (κ3) is 1.43. The van der Waals surface area contributed by atoms with Crippen molar-refractivity contribution in [3.8, 4) is 0 Å². The molecule has 6 heteroatoms. The van der Waals surface area contributed by atoms with Crippen LogP contribution >= 0.6 is 11.8 Å². The smallest absolute Gasteiger partial charge is 0.241 e. The van der Waals surface area contributed by atoms with Crippen LogP contribution < -0.4 is 0 Å². The Morgan fingerprint density at radius 3 is 2.64 bits per heavy atom. The fourth-order valence-corrected chi connectivity index (χ4v) is 1.33. The molecule has 1 heterocycles. The third-order valence-corrected chi connectivity index (χ3v) is 2.10. The first-order valence-corrected chi connectivity index (χ1v) is 4.03. The summed E-state index contributed by atoms with van der Waals surface area (Å²) in [6.07, 6.45) is -3.10. The Balaban J connectivity index is 2.66. The van der Waals surface area contributed by atoms with E-state index in [9.17, 15) is 13.2 Å². The quantitative estimate of drug-likeness (QED) is 0.667. The molecule has 0 radical (unpaired) electrons. The summed E-state index contributed by atoms with van der Waals surface area (Å²) in [7, 11) is 0. The average Bonchev–Trinajstić information content (AvgIpc) is 2.46. The number of alkyl halides is 3. The highest BCUT2D eigenvalue weighted by atomic mass is 35.5. The van der Waals surface area contributed by atoms with Gasteiger partial charge in [0.1, 0.15) is 6.33 Å². The topological polar surface area (TPSA) is 17.8 Å². The van der Waals surface area contributed by atoms with Crippen molar-refractivity contribution in [1.82, 2.24) is 9.07 Å². The van der Waals surface area contributed by atoms with Crippen molar-refractivity contribution in [3.63, 3.8) is 0 Å². The molecule has 1 aromatic heterocycles. The Hall–Kier alpha value is -1.23. The lowest BCUT2D eigenvalue weighted by Crippen LogP contribution is -2.04. The summed E-state index contributed by atoms with van der Waals surface area (Å²) >= 11 is 5.58. The maximum Gasteiger partial charge on any atom is 0.416 e. The van der Waals surface area contributed by atoms with E-state index < -0.39 is 11.7 Å². The highest BCUT2D eigenvalue weighted by Gasteiger charge is 2.30. The summed E-state index contributed by atoms with van der Waals surface area (Å²) < 4.78 is 37.9. The molecule has 0 unspecified atom stereocenters. The van der Waals surface area contributed by atoms with E-state index in [1.165, 1.54) is 12.4 Å². The van der Waals surface area contributed by atoms with E-state index in [2.05, 4.69) is 4.98 Å². The summed E-state index contributed by atoms with van der Waals surface area (Å²) in [4.78, 5) is 3.81. The molecule has 2 rings (SSSR count). The molecular weight excluding hydrogens is 217 g/mol. The van der Waals surface area contributed by atoms with Gasteiger partial charge in [0.15, 0.2) is 0 Å². The SMILES string of the molecule is FC(F)(F)c1ccc2ncn(Cl)c2c1. The van der Waals surface area contributed by atoms with Gasteiger partial charge in [0.05, 0.1) is 16.6 Å². The van der Waals surface area contributed by atoms with E-state index in [0.717, 1.165) is 16.2 Å². The number of fused-ring (bicyclic) bond motifs is 1. The molecule has 0 aliphatic carbocycles. The van der Waals surface area contributed by atoms with Gasteiger partial charge < -0.3 is 0 Å². The number of hydrogen-bond acceptors (Lipinski definition) is 1. The van der Waals surface area contributed by atoms with Crippen molar-refractivity contribution in [3.05, 3.63) is 30.1 Å². The maximum atomic E-state index is 12.3. The first-order chi connectivity index (χ1) is 6.48. The molecule has 74 valence electrons. The molecule has 0 aliphatic heterocycles. The van der Waals surface area contributed by atoms with Crippen LogP contribution in [0.3, 0.4) is 0 Å². The largest absolute Gasteiger partial charge is 0.416 e. The lowest BCUT2D eigenvalue weighted by molar-refractivity contribution is -0.137. The second-order valence-corrected chi connectivity index (χ2v) is 3.12. The maximum absolute atomic E-state index is 12.3. The zero-order valence-corrected chi connectivity index (χ0v) is 7.47. The number of imidazole rings is 1. The van der Waals surface area contributed by atoms with Gasteiger partial charge in [0.2, 0.25) is 0 Å². The van der Waals surface area contributed by atoms with Gasteiger partial charge in [0, 0.05) is 11.8 Å². The van der Waals surface area contributed by atoms with Crippen LogP contribution in [-0.4, -0.2) is 9.07 Å². The van der Waals surface area contributed by atoms with Crippen molar-refractivity contribution in [2.45, 2.75) is 6.18 Å². The standard InChI is InChI=1S/C8H4ClF3N2/c9-14-4-13-6-2-1-5(3-7(6)14)8(10,11)12/h1-4H. The number of nitrogens with zero attached hydrogens (tertiary/aromatic N) is 2. The molecule has 0 fully saturated rings. The minimum atomic E-state index is -4.35. The minimum absolute atomic E-state index is 0.251. The number of rotatable bonds is 0. The van der Waals surface area contributed by atoms with Gasteiger partial charge in [-0.05, 0) is 18.2 Å². The molecular formula is C8H4ClF3N2. The Bertz CT molecular complexity index is 475. The van der Waals surface area contributed by atoms with Gasteiger partial charge in [-0.2, -0.15) is 13.2 Å². The summed E-state index contributed by atoms with van der Waals surface area (Å²) in [5.41, 5.74) is -0.0399. The first kappa shape index (κ1) is 9.33. The lowest BCUT2D eigenvalue weighted by Gasteiger charge is -2.05. The molecule has 0 saturated carbocycles. The van der Waals surface area contributed by atoms with Crippen LogP contribution in [0.5, 0.6) is 0 Å². The van der Waals surface area contributed by atoms with Crippen LogP contribution in [0.2, 0.25) is 0 Å². The summed E-state index contributed by atoms with van der Waals surface area (Å²) in [5, 5.41) is 0. The molecule has 0 aliphatic rings. The molecule has 1 aromatic carbocycles. The number of benzene rings is 1. The molecule has 0 bridgehead atoms. The molecule has 0 amide bonds. The minimum Gasteiger partial charge on any atom is -0.241 e. The number of halogens is 4. The third-order valence-electron chi connectivity index (χ3n) is 1.83. The Morgan fingerprint density at radius 2 is 2.00 bits per heavy atom. The van der Waals surface area contributed by atoms with Gasteiger partial charge in [0.25, 0.3) is 0 Å². The fourth-order valence-electron chi connectivity index (χ4n) is 1.16. The van der Waals surface area contributed by atoms with Gasteiger partial charge in [-0.15, -0.1) is 0 Å². The van der Waals surface area contributed by atoms with Gasteiger partial charge in [-0.1, -0.05) is 0 Å². The van der Waals surface area contributed by atoms with E-state index in [1.54, 1.807) is 0 Å². The van der Waals surface area contributed by atoms with E-state index in [1.807, 2.05) is 0 Å². The molecule has 2 nitrogen and oxygen atoms in total. The van der Waals surface area contributed by atoms with Crippen molar-refractivity contribution in [2.24, 2.45) is 0 Å². The van der Waals surface area contributed by atoms with Gasteiger partial charge in [-0.25, -0.2) is 9.07 Å². The molecule has 14 heavy (non-hydrogen) atoms. The van der Waals surface area contributed by atoms with E-state index in [-0.39, 0.29) is 5.52 Å². The van der Waals surface area contributed by atoms with E-state index in [0.29, 0.717) is 5.52 Å². The lowest BCUT2D eigenvalue weighted by atomic mass is 10.2. The summed E-state index contributed by atoms with van der Waals surface area (Å²) in [6.45, 7) is 0. The highest BCUT2D eigenvalue weighted by Crippen LogP contribution is 2.31. The van der Waals surface area contributed by atoms with Crippen LogP contribution in [0.1, 0.15) is 5.56 Å². The average molecular weight is 221 g/mol. The monoisotopic (exact) mass is 220 g/mol. The molecule has 2 aromatic rings. The van der Waals surface area contributed by atoms with E-state index >= 15 is 0 Å². The zero-order chi connectivity index (χ0) is 10.3. The highest BCUT2D eigenvalue weighted by molar-refractivity contribution is 6.18. The van der Waals surface area contributed by atoms with Crippen molar-refractivity contribution < 1.29 is 13.2 Å². The van der Waals surface area contributed by atoms with Crippen molar-refractivity contribution in [2.75, 3.05) is 0 Å². The number of aromatic nitrogens is 2. The van der Waals surface area contributed by atoms with Crippen LogP contribution in [0.25, 0.3) is 11.0 Å². The predicted octanol–water partition coefficient (Wildman–Crippen LogP) is 3.06. The normalized spacial score (nSPS) is 12.3. The van der Waals surface area contributed by atoms with Crippen LogP contribution in [0, 0.1) is 0 Å². The zero-order valence-electron chi connectivity index (χ0n) is 6.72. The van der Waals surface area contributed by atoms with Gasteiger partial charge >= 0.3 is 6.18 Å². The summed E-state index contributed by atoms with van der Waals surface area (Å²) in [5.74, 6) is 0. The first-order valence-electron chi connectivity index (χ1n) is 3.69. The summed E-state index contributed by atoms with van der Waals surface area (Å²) in [6, 6.07) is 3.23. The Labute approximate surface area is 82.0 Å². The predicted molar refractivity (Wildman–Crippen MR) is 46.0 cm³/mol. The number of hydrogen-bond donors (Lipinski definition) is 0. The van der Waals surface area contributed by atoms with Crippen LogP contribution in [-0.2, 0) is 6.18 Å². The Morgan fingerprint density at radius 1 is 1.29 bits per heavy atom. The van der Waals surface area contributed by atoms with Crippen molar-refractivity contribution in [1.29, 1.82) is 0 Å². The molecule has 0 spiro atoms. The molecule has 0 saturated heterocycles. The second kappa shape index (κ2) is 2.88.